The Morgan fingerprint density at radius 3 is 2.58 bits per heavy atom. The first kappa shape index (κ1) is 23.5. The van der Waals surface area contributed by atoms with Gasteiger partial charge in [0, 0.05) is 43.3 Å². The number of amides is 1. The molecule has 1 fully saturated rings. The molecule has 3 aromatic rings. The first-order valence-corrected chi connectivity index (χ1v) is 11.8. The number of hydrogen-bond donors (Lipinski definition) is 0. The number of nitrogens with zero attached hydrogens (tertiary/aromatic N) is 6. The van der Waals surface area contributed by atoms with Crippen molar-refractivity contribution in [3.8, 4) is 5.75 Å². The van der Waals surface area contributed by atoms with Crippen LogP contribution in [-0.4, -0.2) is 75.0 Å². The molecule has 2 aromatic carbocycles. The molecular weight excluding hydrogens is 467 g/mol. The number of rotatable bonds is 8. The highest BCUT2D eigenvalue weighted by atomic mass is 35.5. The molecule has 1 aliphatic heterocycles. The van der Waals surface area contributed by atoms with Crippen molar-refractivity contribution in [1.82, 2.24) is 30.0 Å². The molecule has 8 nitrogen and oxygen atoms in total. The second-order valence-corrected chi connectivity index (χ2v) is 8.96. The molecule has 0 radical (unpaired) electrons. The molecule has 11 heteroatoms. The molecule has 2 heterocycles. The van der Waals surface area contributed by atoms with Crippen LogP contribution in [0.2, 0.25) is 5.02 Å². The average Bonchev–Trinajstić information content (AvgIpc) is 3.27. The zero-order valence-corrected chi connectivity index (χ0v) is 19.7. The fourth-order valence-corrected chi connectivity index (χ4v) is 4.59. The Hall–Kier alpha value is -2.69. The van der Waals surface area contributed by atoms with E-state index in [1.165, 1.54) is 17.8 Å². The highest BCUT2D eigenvalue weighted by molar-refractivity contribution is 7.99. The standard InChI is InChI=1S/C22H24ClFN6O2S/c1-32-17-7-5-16(6-8-17)13-30-22(25-26-27-30)33-15-21(31)29-11-9-28(10-12-29)14-18-19(23)3-2-4-20(18)24/h2-8H,9-15H2,1H3. The van der Waals surface area contributed by atoms with Gasteiger partial charge in [0.2, 0.25) is 11.1 Å². The predicted octanol–water partition coefficient (Wildman–Crippen LogP) is 2.96. The first-order chi connectivity index (χ1) is 16.0. The smallest absolute Gasteiger partial charge is 0.233 e. The molecule has 0 bridgehead atoms. The number of benzene rings is 2. The van der Waals surface area contributed by atoms with Gasteiger partial charge in [0.05, 0.1) is 19.4 Å². The summed E-state index contributed by atoms with van der Waals surface area (Å²) < 4.78 is 20.9. The average molecular weight is 491 g/mol. The van der Waals surface area contributed by atoms with Crippen LogP contribution < -0.4 is 4.74 Å². The topological polar surface area (TPSA) is 76.4 Å². The molecule has 0 N–H and O–H groups in total. The molecule has 4 rings (SSSR count). The van der Waals surface area contributed by atoms with Gasteiger partial charge in [-0.05, 0) is 40.3 Å². The van der Waals surface area contributed by atoms with E-state index in [2.05, 4.69) is 20.4 Å². The van der Waals surface area contributed by atoms with Crippen LogP contribution >= 0.6 is 23.4 Å². The van der Waals surface area contributed by atoms with Crippen molar-refractivity contribution in [3.63, 3.8) is 0 Å². The van der Waals surface area contributed by atoms with Crippen LogP contribution in [0.25, 0.3) is 0 Å². The molecule has 0 atom stereocenters. The number of tetrazole rings is 1. The number of hydrogen-bond acceptors (Lipinski definition) is 7. The van der Waals surface area contributed by atoms with Crippen LogP contribution in [0.5, 0.6) is 5.75 Å². The summed E-state index contributed by atoms with van der Waals surface area (Å²) in [5.74, 6) is 0.766. The van der Waals surface area contributed by atoms with Crippen molar-refractivity contribution >= 4 is 29.3 Å². The van der Waals surface area contributed by atoms with E-state index >= 15 is 0 Å². The van der Waals surface area contributed by atoms with Gasteiger partial charge >= 0.3 is 0 Å². The molecule has 174 valence electrons. The van der Waals surface area contributed by atoms with Crippen molar-refractivity contribution in [1.29, 1.82) is 0 Å². The third kappa shape index (κ3) is 6.01. The molecule has 1 aromatic heterocycles. The summed E-state index contributed by atoms with van der Waals surface area (Å²) in [7, 11) is 1.63. The summed E-state index contributed by atoms with van der Waals surface area (Å²) in [5.41, 5.74) is 1.53. The van der Waals surface area contributed by atoms with Crippen LogP contribution in [0, 0.1) is 5.82 Å². The minimum Gasteiger partial charge on any atom is -0.497 e. The number of ether oxygens (including phenoxy) is 1. The van der Waals surface area contributed by atoms with E-state index in [1.807, 2.05) is 29.2 Å². The van der Waals surface area contributed by atoms with Gasteiger partial charge < -0.3 is 9.64 Å². The first-order valence-electron chi connectivity index (χ1n) is 10.5. The number of carbonyl (C=O) groups excluding carboxylic acids is 1. The Labute approximate surface area is 200 Å². The lowest BCUT2D eigenvalue weighted by Crippen LogP contribution is -2.48. The van der Waals surface area contributed by atoms with Crippen LogP contribution in [-0.2, 0) is 17.9 Å². The molecule has 33 heavy (non-hydrogen) atoms. The lowest BCUT2D eigenvalue weighted by atomic mass is 10.2. The number of piperazine rings is 1. The highest BCUT2D eigenvalue weighted by Gasteiger charge is 2.23. The molecule has 0 saturated carbocycles. The van der Waals surface area contributed by atoms with Gasteiger partial charge in [-0.3, -0.25) is 9.69 Å². The van der Waals surface area contributed by atoms with Crippen LogP contribution in [0.3, 0.4) is 0 Å². The van der Waals surface area contributed by atoms with E-state index in [0.29, 0.717) is 55.0 Å². The number of aromatic nitrogens is 4. The number of carbonyl (C=O) groups is 1. The summed E-state index contributed by atoms with van der Waals surface area (Å²) in [6.07, 6.45) is 0. The van der Waals surface area contributed by atoms with Crippen molar-refractivity contribution in [2.75, 3.05) is 39.0 Å². The number of methoxy groups -OCH3 is 1. The van der Waals surface area contributed by atoms with E-state index in [4.69, 9.17) is 16.3 Å². The summed E-state index contributed by atoms with van der Waals surface area (Å²) in [6, 6.07) is 12.4. The Kier molecular flexibility index (Phi) is 7.79. The monoisotopic (exact) mass is 490 g/mol. The molecule has 1 aliphatic rings. The van der Waals surface area contributed by atoms with E-state index in [1.54, 1.807) is 23.9 Å². The number of thioether (sulfide) groups is 1. The van der Waals surface area contributed by atoms with Crippen molar-refractivity contribution in [2.24, 2.45) is 0 Å². The maximum atomic E-state index is 14.0. The highest BCUT2D eigenvalue weighted by Crippen LogP contribution is 2.22. The van der Waals surface area contributed by atoms with Gasteiger partial charge in [0.15, 0.2) is 0 Å². The third-order valence-electron chi connectivity index (χ3n) is 5.48. The van der Waals surface area contributed by atoms with Gasteiger partial charge in [-0.25, -0.2) is 9.07 Å². The molecular formula is C22H24ClFN6O2S. The van der Waals surface area contributed by atoms with Gasteiger partial charge in [-0.2, -0.15) is 0 Å². The lowest BCUT2D eigenvalue weighted by molar-refractivity contribution is -0.130. The third-order valence-corrected chi connectivity index (χ3v) is 6.78. The van der Waals surface area contributed by atoms with Crippen molar-refractivity contribution in [3.05, 3.63) is 64.4 Å². The van der Waals surface area contributed by atoms with Crippen LogP contribution in [0.15, 0.2) is 47.6 Å². The Morgan fingerprint density at radius 1 is 1.12 bits per heavy atom. The van der Waals surface area contributed by atoms with Crippen molar-refractivity contribution in [2.45, 2.75) is 18.2 Å². The normalized spacial score (nSPS) is 14.5. The maximum Gasteiger partial charge on any atom is 0.233 e. The summed E-state index contributed by atoms with van der Waals surface area (Å²) in [5, 5.41) is 12.9. The van der Waals surface area contributed by atoms with Gasteiger partial charge in [0.1, 0.15) is 11.6 Å². The molecule has 0 spiro atoms. The lowest BCUT2D eigenvalue weighted by Gasteiger charge is -2.34. The Morgan fingerprint density at radius 2 is 1.88 bits per heavy atom. The minimum atomic E-state index is -0.301. The van der Waals surface area contributed by atoms with Crippen LogP contribution in [0.4, 0.5) is 4.39 Å². The fraction of sp³-hybridized carbons (Fsp3) is 0.364. The van der Waals surface area contributed by atoms with Crippen LogP contribution in [0.1, 0.15) is 11.1 Å². The fourth-order valence-electron chi connectivity index (χ4n) is 3.58. The zero-order chi connectivity index (χ0) is 23.2. The molecule has 1 saturated heterocycles. The minimum absolute atomic E-state index is 0.0302. The SMILES string of the molecule is COc1ccc(Cn2nnnc2SCC(=O)N2CCN(Cc3c(F)cccc3Cl)CC2)cc1. The van der Waals surface area contributed by atoms with Crippen molar-refractivity contribution < 1.29 is 13.9 Å². The largest absolute Gasteiger partial charge is 0.497 e. The van der Waals surface area contributed by atoms with E-state index < -0.39 is 0 Å². The van der Waals surface area contributed by atoms with Gasteiger partial charge in [0.25, 0.3) is 0 Å². The zero-order valence-electron chi connectivity index (χ0n) is 18.2. The second kappa shape index (κ2) is 11.0. The quantitative estimate of drug-likeness (QED) is 0.449. The number of halogens is 2. The summed E-state index contributed by atoms with van der Waals surface area (Å²) >= 11 is 7.46. The predicted molar refractivity (Wildman–Crippen MR) is 124 cm³/mol. The van der Waals surface area contributed by atoms with Gasteiger partial charge in [-0.15, -0.1) is 5.10 Å². The molecule has 0 aliphatic carbocycles. The Bertz CT molecular complexity index is 1070. The molecule has 1 amide bonds. The summed E-state index contributed by atoms with van der Waals surface area (Å²) in [6.45, 7) is 3.43. The molecule has 0 unspecified atom stereocenters. The summed E-state index contributed by atoms with van der Waals surface area (Å²) in [4.78, 5) is 16.7. The maximum absolute atomic E-state index is 14.0. The van der Waals surface area contributed by atoms with E-state index in [-0.39, 0.29) is 17.5 Å². The van der Waals surface area contributed by atoms with E-state index in [9.17, 15) is 9.18 Å². The Balaban J connectivity index is 1.26. The van der Waals surface area contributed by atoms with Gasteiger partial charge in [-0.1, -0.05) is 41.6 Å². The van der Waals surface area contributed by atoms with E-state index in [0.717, 1.165) is 11.3 Å². The second-order valence-electron chi connectivity index (χ2n) is 7.61.